The number of hydrogen-bond donors (Lipinski definition) is 0. The largest absolute Gasteiger partial charge is 0.494 e. The Labute approximate surface area is 197 Å². The van der Waals surface area contributed by atoms with Gasteiger partial charge in [-0.2, -0.15) is 0 Å². The summed E-state index contributed by atoms with van der Waals surface area (Å²) in [7, 11) is 0. The van der Waals surface area contributed by atoms with E-state index >= 15 is 0 Å². The highest BCUT2D eigenvalue weighted by Gasteiger charge is 2.16. The van der Waals surface area contributed by atoms with E-state index in [2.05, 4.69) is 13.8 Å². The Hall–Kier alpha value is -2.68. The van der Waals surface area contributed by atoms with Gasteiger partial charge in [-0.05, 0) is 48.1 Å². The zero-order valence-corrected chi connectivity index (χ0v) is 20.0. The molecule has 3 aromatic carbocycles. The zero-order valence-electron chi connectivity index (χ0n) is 20.0. The minimum Gasteiger partial charge on any atom is -0.494 e. The van der Waals surface area contributed by atoms with Crippen LogP contribution in [0.15, 0.2) is 60.7 Å². The highest BCUT2D eigenvalue weighted by Crippen LogP contribution is 2.32. The van der Waals surface area contributed by atoms with Crippen LogP contribution in [0.3, 0.4) is 0 Å². The van der Waals surface area contributed by atoms with Gasteiger partial charge in [-0.1, -0.05) is 101 Å². The van der Waals surface area contributed by atoms with Crippen LogP contribution in [0.5, 0.6) is 5.75 Å². The first-order valence-corrected chi connectivity index (χ1v) is 12.4. The van der Waals surface area contributed by atoms with Gasteiger partial charge in [0.15, 0.2) is 11.6 Å². The molecule has 0 spiro atoms. The molecule has 0 saturated carbocycles. The van der Waals surface area contributed by atoms with Crippen LogP contribution in [-0.4, -0.2) is 6.61 Å². The van der Waals surface area contributed by atoms with Crippen LogP contribution in [0.25, 0.3) is 22.3 Å². The van der Waals surface area contributed by atoms with Crippen molar-refractivity contribution in [1.82, 2.24) is 0 Å². The first-order valence-electron chi connectivity index (χ1n) is 12.4. The first-order chi connectivity index (χ1) is 16.1. The van der Waals surface area contributed by atoms with E-state index in [9.17, 15) is 8.78 Å². The van der Waals surface area contributed by atoms with Gasteiger partial charge in [0.2, 0.25) is 0 Å². The Morgan fingerprint density at radius 3 is 1.67 bits per heavy atom. The molecule has 0 aliphatic heterocycles. The Balaban J connectivity index is 1.65. The molecule has 0 radical (unpaired) electrons. The molecule has 0 unspecified atom stereocenters. The van der Waals surface area contributed by atoms with Gasteiger partial charge in [-0.25, -0.2) is 8.78 Å². The summed E-state index contributed by atoms with van der Waals surface area (Å²) < 4.78 is 35.6. The molecule has 0 atom stereocenters. The fraction of sp³-hybridized carbons (Fsp3) is 0.400. The van der Waals surface area contributed by atoms with Gasteiger partial charge in [0.1, 0.15) is 5.75 Å². The predicted octanol–water partition coefficient (Wildman–Crippen LogP) is 9.38. The second kappa shape index (κ2) is 13.1. The summed E-state index contributed by atoms with van der Waals surface area (Å²) in [6.07, 6.45) is 10.7. The van der Waals surface area contributed by atoms with Crippen molar-refractivity contribution in [1.29, 1.82) is 0 Å². The maximum atomic E-state index is 15.0. The Morgan fingerprint density at radius 1 is 0.576 bits per heavy atom. The molecule has 0 heterocycles. The first kappa shape index (κ1) is 25.0. The van der Waals surface area contributed by atoms with Crippen LogP contribution < -0.4 is 4.74 Å². The van der Waals surface area contributed by atoms with Crippen LogP contribution >= 0.6 is 0 Å². The lowest BCUT2D eigenvalue weighted by Crippen LogP contribution is -1.97. The van der Waals surface area contributed by atoms with E-state index in [1.54, 1.807) is 36.4 Å². The topological polar surface area (TPSA) is 9.23 Å². The molecule has 3 aromatic rings. The van der Waals surface area contributed by atoms with E-state index in [4.69, 9.17) is 4.74 Å². The summed E-state index contributed by atoms with van der Waals surface area (Å²) in [4.78, 5) is 0. The van der Waals surface area contributed by atoms with Gasteiger partial charge in [0.05, 0.1) is 6.61 Å². The monoisotopic (exact) mass is 450 g/mol. The highest BCUT2D eigenvalue weighted by atomic mass is 19.2. The third-order valence-electron chi connectivity index (χ3n) is 6.10. The van der Waals surface area contributed by atoms with Crippen molar-refractivity contribution in [3.63, 3.8) is 0 Å². The van der Waals surface area contributed by atoms with Gasteiger partial charge in [0, 0.05) is 11.1 Å². The molecule has 0 amide bonds. The normalized spacial score (nSPS) is 11.0. The maximum Gasteiger partial charge on any atom is 0.167 e. The lowest BCUT2D eigenvalue weighted by Gasteiger charge is -2.11. The van der Waals surface area contributed by atoms with Crippen LogP contribution in [0, 0.1) is 11.6 Å². The number of unbranched alkanes of at least 4 members (excludes halogenated alkanes) is 6. The summed E-state index contributed by atoms with van der Waals surface area (Å²) in [5.41, 5.74) is 3.13. The molecule has 3 heteroatoms. The summed E-state index contributed by atoms with van der Waals surface area (Å²) in [6, 6.07) is 18.3. The van der Waals surface area contributed by atoms with Crippen molar-refractivity contribution < 1.29 is 13.5 Å². The molecular weight excluding hydrogens is 414 g/mol. The molecule has 3 rings (SSSR count). The molecule has 0 fully saturated rings. The number of hydrogen-bond acceptors (Lipinski definition) is 1. The molecule has 0 saturated heterocycles. The Bertz CT molecular complexity index is 977. The SMILES string of the molecule is CCCCCCCCc1ccc(-c2ccc(-c3ccc(OCCCC)cc3)c(F)c2F)cc1. The van der Waals surface area contributed by atoms with E-state index < -0.39 is 11.6 Å². The quantitative estimate of drug-likeness (QED) is 0.236. The molecule has 176 valence electrons. The standard InChI is InChI=1S/C30H36F2O/c1-3-5-7-8-9-10-11-23-12-14-24(15-13-23)27-20-21-28(30(32)29(27)31)25-16-18-26(19-17-25)33-22-6-4-2/h12-21H,3-11,22H2,1-2H3. The van der Waals surface area contributed by atoms with Crippen molar-refractivity contribution in [3.05, 3.63) is 77.9 Å². The average Bonchev–Trinajstić information content (AvgIpc) is 2.84. The third-order valence-corrected chi connectivity index (χ3v) is 6.10. The number of rotatable bonds is 13. The summed E-state index contributed by atoms with van der Waals surface area (Å²) >= 11 is 0. The fourth-order valence-corrected chi connectivity index (χ4v) is 4.02. The van der Waals surface area contributed by atoms with Crippen LogP contribution in [-0.2, 0) is 6.42 Å². The average molecular weight is 451 g/mol. The zero-order chi connectivity index (χ0) is 23.5. The lowest BCUT2D eigenvalue weighted by molar-refractivity contribution is 0.309. The maximum absolute atomic E-state index is 15.0. The number of ether oxygens (including phenoxy) is 1. The third kappa shape index (κ3) is 7.15. The van der Waals surface area contributed by atoms with Gasteiger partial charge < -0.3 is 4.74 Å². The highest BCUT2D eigenvalue weighted by molar-refractivity contribution is 5.72. The molecule has 0 aliphatic carbocycles. The molecule has 0 aliphatic rings. The van der Waals surface area contributed by atoms with E-state index in [1.807, 2.05) is 24.3 Å². The van der Waals surface area contributed by atoms with Gasteiger partial charge in [-0.15, -0.1) is 0 Å². The second-order valence-corrected chi connectivity index (χ2v) is 8.73. The molecular formula is C30H36F2O. The van der Waals surface area contributed by atoms with Crippen LogP contribution in [0.2, 0.25) is 0 Å². The fourth-order valence-electron chi connectivity index (χ4n) is 4.02. The minimum absolute atomic E-state index is 0.260. The van der Waals surface area contributed by atoms with E-state index in [-0.39, 0.29) is 5.56 Å². The number of halogens is 2. The molecule has 1 nitrogen and oxygen atoms in total. The summed E-state index contributed by atoms with van der Waals surface area (Å²) in [6.45, 7) is 5.00. The van der Waals surface area contributed by atoms with Crippen molar-refractivity contribution in [2.75, 3.05) is 6.61 Å². The Kier molecular flexibility index (Phi) is 9.93. The second-order valence-electron chi connectivity index (χ2n) is 8.73. The van der Waals surface area contributed by atoms with Crippen molar-refractivity contribution >= 4 is 0 Å². The lowest BCUT2D eigenvalue weighted by atomic mass is 9.97. The van der Waals surface area contributed by atoms with Gasteiger partial charge in [-0.3, -0.25) is 0 Å². The molecule has 0 bridgehead atoms. The van der Waals surface area contributed by atoms with Gasteiger partial charge in [0.25, 0.3) is 0 Å². The van der Waals surface area contributed by atoms with E-state index in [0.717, 1.165) is 25.0 Å². The Morgan fingerprint density at radius 2 is 1.09 bits per heavy atom. The van der Waals surface area contributed by atoms with Gasteiger partial charge >= 0.3 is 0 Å². The summed E-state index contributed by atoms with van der Waals surface area (Å²) in [5.74, 6) is -0.881. The number of benzene rings is 3. The minimum atomic E-state index is -0.816. The molecule has 0 aromatic heterocycles. The van der Waals surface area contributed by atoms with Crippen molar-refractivity contribution in [3.8, 4) is 28.0 Å². The van der Waals surface area contributed by atoms with Crippen LogP contribution in [0.4, 0.5) is 8.78 Å². The van der Waals surface area contributed by atoms with Crippen molar-refractivity contribution in [2.45, 2.75) is 71.6 Å². The van der Waals surface area contributed by atoms with Crippen LogP contribution in [0.1, 0.15) is 70.8 Å². The predicted molar refractivity (Wildman–Crippen MR) is 135 cm³/mol. The van der Waals surface area contributed by atoms with E-state index in [0.29, 0.717) is 23.3 Å². The summed E-state index contributed by atoms with van der Waals surface area (Å²) in [5, 5.41) is 0. The molecule has 33 heavy (non-hydrogen) atoms. The van der Waals surface area contributed by atoms with Crippen molar-refractivity contribution in [2.24, 2.45) is 0 Å². The molecule has 0 N–H and O–H groups in total. The smallest absolute Gasteiger partial charge is 0.167 e. The number of aryl methyl sites for hydroxylation is 1. The van der Waals surface area contributed by atoms with E-state index in [1.165, 1.54) is 44.1 Å².